The molecule has 4 heteroatoms. The molecule has 0 saturated carbocycles. The summed E-state index contributed by atoms with van der Waals surface area (Å²) >= 11 is 0. The number of benzene rings is 1. The molecule has 19 heavy (non-hydrogen) atoms. The molecule has 0 atom stereocenters. The Bertz CT molecular complexity index is 634. The van der Waals surface area contributed by atoms with Crippen LogP contribution in [-0.2, 0) is 4.79 Å². The van der Waals surface area contributed by atoms with Gasteiger partial charge >= 0.3 is 0 Å². The first-order valence-electron chi connectivity index (χ1n) is 6.25. The summed E-state index contributed by atoms with van der Waals surface area (Å²) in [4.78, 5) is 18.2. The summed E-state index contributed by atoms with van der Waals surface area (Å²) < 4.78 is 0. The molecule has 1 aliphatic heterocycles. The number of aryl methyl sites for hydroxylation is 2. The minimum Gasteiger partial charge on any atom is -0.321 e. The topological polar surface area (TPSA) is 45.2 Å². The second kappa shape index (κ2) is 4.39. The molecule has 0 bridgehead atoms. The van der Waals surface area contributed by atoms with Crippen LogP contribution in [0.2, 0.25) is 0 Å². The highest BCUT2D eigenvalue weighted by atomic mass is 16.2. The van der Waals surface area contributed by atoms with Crippen LogP contribution in [0, 0.1) is 13.8 Å². The highest BCUT2D eigenvalue weighted by molar-refractivity contribution is 6.03. The molecule has 0 saturated heterocycles. The number of hydrogen-bond donors (Lipinski definition) is 1. The van der Waals surface area contributed by atoms with E-state index in [0.29, 0.717) is 6.54 Å². The highest BCUT2D eigenvalue weighted by Gasteiger charge is 2.25. The number of amides is 1. The van der Waals surface area contributed by atoms with E-state index in [4.69, 9.17) is 0 Å². The molecule has 0 fully saturated rings. The van der Waals surface area contributed by atoms with Gasteiger partial charge in [-0.05, 0) is 37.6 Å². The summed E-state index contributed by atoms with van der Waals surface area (Å²) in [6.45, 7) is 4.31. The van der Waals surface area contributed by atoms with E-state index in [1.54, 1.807) is 6.20 Å². The average molecular weight is 253 g/mol. The Kier molecular flexibility index (Phi) is 2.71. The lowest BCUT2D eigenvalue weighted by atomic mass is 10.1. The molecular weight excluding hydrogens is 238 g/mol. The van der Waals surface area contributed by atoms with Gasteiger partial charge in [-0.1, -0.05) is 17.7 Å². The van der Waals surface area contributed by atoms with E-state index in [-0.39, 0.29) is 5.91 Å². The third-order valence-electron chi connectivity index (χ3n) is 3.31. The van der Waals surface area contributed by atoms with Gasteiger partial charge in [0.2, 0.25) is 5.91 Å². The molecule has 0 radical (unpaired) electrons. The van der Waals surface area contributed by atoms with Gasteiger partial charge < -0.3 is 10.2 Å². The molecule has 1 N–H and O–H groups in total. The van der Waals surface area contributed by atoms with Gasteiger partial charge in [0.05, 0.1) is 5.69 Å². The van der Waals surface area contributed by atoms with Crippen molar-refractivity contribution in [2.45, 2.75) is 13.8 Å². The second-order valence-corrected chi connectivity index (χ2v) is 4.80. The first-order chi connectivity index (χ1) is 9.15. The van der Waals surface area contributed by atoms with Crippen LogP contribution in [0.1, 0.15) is 11.1 Å². The molecule has 1 aromatic heterocycles. The number of nitrogens with zero attached hydrogens (tertiary/aromatic N) is 2. The Morgan fingerprint density at radius 2 is 1.89 bits per heavy atom. The maximum Gasteiger partial charge on any atom is 0.244 e. The molecule has 0 spiro atoms. The van der Waals surface area contributed by atoms with Gasteiger partial charge in [0.15, 0.2) is 5.82 Å². The molecule has 0 aliphatic carbocycles. The van der Waals surface area contributed by atoms with Gasteiger partial charge in [-0.15, -0.1) is 0 Å². The zero-order valence-electron chi connectivity index (χ0n) is 11.0. The van der Waals surface area contributed by atoms with Crippen LogP contribution in [-0.4, -0.2) is 17.4 Å². The fraction of sp³-hybridized carbons (Fsp3) is 0.200. The van der Waals surface area contributed by atoms with Gasteiger partial charge in [-0.3, -0.25) is 4.79 Å². The van der Waals surface area contributed by atoms with Crippen LogP contribution in [0.4, 0.5) is 17.2 Å². The quantitative estimate of drug-likeness (QED) is 0.850. The summed E-state index contributed by atoms with van der Waals surface area (Å²) in [6, 6.07) is 10.0. The van der Waals surface area contributed by atoms with Crippen molar-refractivity contribution in [2.24, 2.45) is 0 Å². The normalized spacial score (nSPS) is 14.0. The first-order valence-corrected chi connectivity index (χ1v) is 6.25. The van der Waals surface area contributed by atoms with Gasteiger partial charge in [0, 0.05) is 11.9 Å². The number of fused-ring (bicyclic) bond motifs is 1. The largest absolute Gasteiger partial charge is 0.321 e. The van der Waals surface area contributed by atoms with Crippen LogP contribution >= 0.6 is 0 Å². The van der Waals surface area contributed by atoms with Crippen molar-refractivity contribution >= 4 is 23.1 Å². The molecule has 3 rings (SSSR count). The van der Waals surface area contributed by atoms with Crippen molar-refractivity contribution in [3.63, 3.8) is 0 Å². The summed E-state index contributed by atoms with van der Waals surface area (Å²) in [5.74, 6) is 0.799. The van der Waals surface area contributed by atoms with Crippen LogP contribution in [0.5, 0.6) is 0 Å². The number of pyridine rings is 1. The van der Waals surface area contributed by atoms with Crippen molar-refractivity contribution in [3.8, 4) is 0 Å². The van der Waals surface area contributed by atoms with Gasteiger partial charge in [-0.2, -0.15) is 0 Å². The van der Waals surface area contributed by atoms with Crippen LogP contribution in [0.15, 0.2) is 36.5 Å². The van der Waals surface area contributed by atoms with Gasteiger partial charge in [0.1, 0.15) is 6.54 Å². The fourth-order valence-corrected chi connectivity index (χ4v) is 2.24. The zero-order chi connectivity index (χ0) is 13.4. The molecule has 1 aromatic carbocycles. The lowest BCUT2D eigenvalue weighted by molar-refractivity contribution is -0.115. The molecule has 2 aromatic rings. The molecule has 4 nitrogen and oxygen atoms in total. The maximum absolute atomic E-state index is 11.8. The number of rotatable bonds is 1. The number of aromatic nitrogens is 1. The van der Waals surface area contributed by atoms with E-state index >= 15 is 0 Å². The summed E-state index contributed by atoms with van der Waals surface area (Å²) in [7, 11) is 0. The van der Waals surface area contributed by atoms with Crippen molar-refractivity contribution in [2.75, 3.05) is 16.8 Å². The Morgan fingerprint density at radius 3 is 2.63 bits per heavy atom. The molecule has 96 valence electrons. The monoisotopic (exact) mass is 253 g/mol. The number of anilines is 3. The standard InChI is InChI=1S/C15H15N3O/c1-10-3-5-12(6-4-10)18-9-13(19)17-14-11(2)7-8-16-15(14)18/h3-8H,9H2,1-2H3,(H,17,19). The van der Waals surface area contributed by atoms with Crippen LogP contribution in [0.25, 0.3) is 0 Å². The Balaban J connectivity index is 2.11. The van der Waals surface area contributed by atoms with E-state index in [1.165, 1.54) is 5.56 Å². The Labute approximate surface area is 112 Å². The number of hydrogen-bond acceptors (Lipinski definition) is 3. The number of carbonyl (C=O) groups excluding carboxylic acids is 1. The van der Waals surface area contributed by atoms with E-state index in [0.717, 1.165) is 22.8 Å². The zero-order valence-corrected chi connectivity index (χ0v) is 11.0. The molecule has 2 heterocycles. The summed E-state index contributed by atoms with van der Waals surface area (Å²) in [5.41, 5.74) is 4.01. The van der Waals surface area contributed by atoms with Crippen molar-refractivity contribution in [1.82, 2.24) is 4.98 Å². The molecule has 0 unspecified atom stereocenters. The molecular formula is C15H15N3O. The van der Waals surface area contributed by atoms with E-state index in [2.05, 4.69) is 10.3 Å². The third-order valence-corrected chi connectivity index (χ3v) is 3.31. The van der Waals surface area contributed by atoms with Crippen LogP contribution < -0.4 is 10.2 Å². The van der Waals surface area contributed by atoms with Crippen LogP contribution in [0.3, 0.4) is 0 Å². The second-order valence-electron chi connectivity index (χ2n) is 4.80. The van der Waals surface area contributed by atoms with Crippen molar-refractivity contribution in [3.05, 3.63) is 47.7 Å². The Morgan fingerprint density at radius 1 is 1.16 bits per heavy atom. The predicted molar refractivity (Wildman–Crippen MR) is 75.8 cm³/mol. The summed E-state index contributed by atoms with van der Waals surface area (Å²) in [5, 5.41) is 2.90. The number of carbonyl (C=O) groups is 1. The molecule has 1 amide bonds. The van der Waals surface area contributed by atoms with Crippen molar-refractivity contribution < 1.29 is 4.79 Å². The Hall–Kier alpha value is -2.36. The minimum atomic E-state index is -0.0100. The van der Waals surface area contributed by atoms with E-state index in [9.17, 15) is 4.79 Å². The van der Waals surface area contributed by atoms with E-state index < -0.39 is 0 Å². The predicted octanol–water partition coefficient (Wildman–Crippen LogP) is 2.79. The SMILES string of the molecule is Cc1ccc(N2CC(=O)Nc3c(C)ccnc32)cc1. The highest BCUT2D eigenvalue weighted by Crippen LogP contribution is 2.34. The first kappa shape index (κ1) is 11.7. The summed E-state index contributed by atoms with van der Waals surface area (Å²) in [6.07, 6.45) is 1.77. The lowest BCUT2D eigenvalue weighted by Gasteiger charge is -2.30. The number of nitrogens with one attached hydrogen (secondary N) is 1. The fourth-order valence-electron chi connectivity index (χ4n) is 2.24. The molecule has 1 aliphatic rings. The van der Waals surface area contributed by atoms with Gasteiger partial charge in [-0.25, -0.2) is 4.98 Å². The average Bonchev–Trinajstić information content (AvgIpc) is 2.40. The van der Waals surface area contributed by atoms with Crippen molar-refractivity contribution in [1.29, 1.82) is 0 Å². The third kappa shape index (κ3) is 2.05. The maximum atomic E-state index is 11.8. The van der Waals surface area contributed by atoms with E-state index in [1.807, 2.05) is 49.1 Å². The smallest absolute Gasteiger partial charge is 0.244 e. The minimum absolute atomic E-state index is 0.0100. The van der Waals surface area contributed by atoms with Gasteiger partial charge in [0.25, 0.3) is 0 Å². The lowest BCUT2D eigenvalue weighted by Crippen LogP contribution is -2.36.